The summed E-state index contributed by atoms with van der Waals surface area (Å²) in [6, 6.07) is 0. The molecule has 0 heterocycles. The number of aliphatic hydroxyl groups excluding tert-OH is 1. The van der Waals surface area contributed by atoms with E-state index >= 15 is 0 Å². The molecule has 1 aliphatic carbocycles. The van der Waals surface area contributed by atoms with Crippen molar-refractivity contribution < 1.29 is 5.11 Å². The van der Waals surface area contributed by atoms with Gasteiger partial charge in [0.2, 0.25) is 0 Å². The Kier molecular flexibility index (Phi) is 3.33. The van der Waals surface area contributed by atoms with Crippen LogP contribution in [0.3, 0.4) is 0 Å². The van der Waals surface area contributed by atoms with Gasteiger partial charge in [-0.2, -0.15) is 0 Å². The van der Waals surface area contributed by atoms with Crippen LogP contribution >= 0.6 is 0 Å². The average molecular weight is 168 g/mol. The Morgan fingerprint density at radius 1 is 1.58 bits per heavy atom. The van der Waals surface area contributed by atoms with Crippen molar-refractivity contribution in [1.29, 1.82) is 0 Å². The standard InChI is InChI=1S/C11H20O/c1-4-5-10-7-6-8(2)9(3)11(10)12/h6,9-12H,4-5,7H2,1-3H3/t9-,10?,11?/m0/s1. The van der Waals surface area contributed by atoms with Gasteiger partial charge < -0.3 is 5.11 Å². The molecule has 1 nitrogen and oxygen atoms in total. The predicted molar refractivity (Wildman–Crippen MR) is 51.9 cm³/mol. The van der Waals surface area contributed by atoms with Gasteiger partial charge in [0, 0.05) is 5.92 Å². The summed E-state index contributed by atoms with van der Waals surface area (Å²) in [5, 5.41) is 9.90. The Labute approximate surface area is 75.5 Å². The molecule has 0 fully saturated rings. The van der Waals surface area contributed by atoms with E-state index in [4.69, 9.17) is 0 Å². The van der Waals surface area contributed by atoms with Crippen molar-refractivity contribution in [3.8, 4) is 0 Å². The Hall–Kier alpha value is -0.300. The maximum absolute atomic E-state index is 9.90. The molecular weight excluding hydrogens is 148 g/mol. The molecule has 0 bridgehead atoms. The molecule has 0 saturated heterocycles. The predicted octanol–water partition coefficient (Wildman–Crippen LogP) is 2.75. The molecule has 70 valence electrons. The van der Waals surface area contributed by atoms with E-state index in [-0.39, 0.29) is 6.10 Å². The van der Waals surface area contributed by atoms with E-state index in [1.54, 1.807) is 0 Å². The summed E-state index contributed by atoms with van der Waals surface area (Å²) in [6.07, 6.45) is 5.61. The van der Waals surface area contributed by atoms with Crippen molar-refractivity contribution in [1.82, 2.24) is 0 Å². The highest BCUT2D eigenvalue weighted by Gasteiger charge is 2.27. The van der Waals surface area contributed by atoms with Gasteiger partial charge in [-0.1, -0.05) is 31.9 Å². The lowest BCUT2D eigenvalue weighted by Crippen LogP contribution is -2.31. The van der Waals surface area contributed by atoms with Crippen LogP contribution in [0, 0.1) is 11.8 Å². The molecule has 2 unspecified atom stereocenters. The number of rotatable bonds is 2. The molecular formula is C11H20O. The fourth-order valence-electron chi connectivity index (χ4n) is 2.00. The molecule has 0 spiro atoms. The van der Waals surface area contributed by atoms with E-state index in [1.165, 1.54) is 12.0 Å². The van der Waals surface area contributed by atoms with E-state index < -0.39 is 0 Å². The highest BCUT2D eigenvalue weighted by molar-refractivity contribution is 5.10. The first-order valence-electron chi connectivity index (χ1n) is 5.01. The summed E-state index contributed by atoms with van der Waals surface area (Å²) >= 11 is 0. The second-order valence-electron chi connectivity index (χ2n) is 4.01. The molecule has 0 aromatic carbocycles. The first-order chi connectivity index (χ1) is 5.66. The van der Waals surface area contributed by atoms with E-state index in [0.717, 1.165) is 12.8 Å². The first kappa shape index (κ1) is 9.79. The second kappa shape index (κ2) is 4.08. The second-order valence-corrected chi connectivity index (χ2v) is 4.01. The van der Waals surface area contributed by atoms with Crippen LogP contribution in [-0.2, 0) is 0 Å². The lowest BCUT2D eigenvalue weighted by Gasteiger charge is -2.31. The minimum absolute atomic E-state index is 0.102. The summed E-state index contributed by atoms with van der Waals surface area (Å²) in [5.74, 6) is 0.879. The number of hydrogen-bond donors (Lipinski definition) is 1. The molecule has 1 heteroatoms. The molecule has 0 amide bonds. The van der Waals surface area contributed by atoms with Crippen LogP contribution in [0.15, 0.2) is 11.6 Å². The summed E-state index contributed by atoms with van der Waals surface area (Å²) in [6.45, 7) is 6.43. The van der Waals surface area contributed by atoms with E-state index in [9.17, 15) is 5.11 Å². The third-order valence-electron chi connectivity index (χ3n) is 3.12. The third-order valence-corrected chi connectivity index (χ3v) is 3.12. The third kappa shape index (κ3) is 1.89. The van der Waals surface area contributed by atoms with Crippen molar-refractivity contribution in [2.75, 3.05) is 0 Å². The number of aliphatic hydroxyl groups is 1. The maximum atomic E-state index is 9.90. The zero-order chi connectivity index (χ0) is 9.14. The van der Waals surface area contributed by atoms with Gasteiger partial charge in [-0.3, -0.25) is 0 Å². The van der Waals surface area contributed by atoms with Crippen LogP contribution in [0.1, 0.15) is 40.0 Å². The fourth-order valence-corrected chi connectivity index (χ4v) is 2.00. The Balaban J connectivity index is 2.60. The van der Waals surface area contributed by atoms with Gasteiger partial charge in [0.05, 0.1) is 6.10 Å². The zero-order valence-electron chi connectivity index (χ0n) is 8.38. The molecule has 0 aromatic rings. The molecule has 0 aliphatic heterocycles. The summed E-state index contributed by atoms with van der Waals surface area (Å²) in [5.41, 5.74) is 1.36. The maximum Gasteiger partial charge on any atom is 0.0633 e. The highest BCUT2D eigenvalue weighted by Crippen LogP contribution is 2.31. The monoisotopic (exact) mass is 168 g/mol. The molecule has 0 aromatic heterocycles. The lowest BCUT2D eigenvalue weighted by molar-refractivity contribution is 0.0598. The van der Waals surface area contributed by atoms with Crippen molar-refractivity contribution >= 4 is 0 Å². The average Bonchev–Trinajstić information content (AvgIpc) is 2.07. The minimum Gasteiger partial charge on any atom is -0.392 e. The van der Waals surface area contributed by atoms with Crippen LogP contribution < -0.4 is 0 Å². The smallest absolute Gasteiger partial charge is 0.0633 e. The van der Waals surface area contributed by atoms with Crippen LogP contribution in [0.4, 0.5) is 0 Å². The van der Waals surface area contributed by atoms with Crippen LogP contribution in [0.5, 0.6) is 0 Å². The van der Waals surface area contributed by atoms with E-state index in [0.29, 0.717) is 11.8 Å². The molecule has 1 aliphatic rings. The topological polar surface area (TPSA) is 20.2 Å². The SMILES string of the molecule is CCCC1CC=C(C)[C@H](C)C1O. The first-order valence-corrected chi connectivity index (χ1v) is 5.01. The number of allylic oxidation sites excluding steroid dienone is 1. The molecule has 1 rings (SSSR count). The molecule has 12 heavy (non-hydrogen) atoms. The largest absolute Gasteiger partial charge is 0.392 e. The minimum atomic E-state index is -0.102. The quantitative estimate of drug-likeness (QED) is 0.629. The lowest BCUT2D eigenvalue weighted by atomic mass is 9.78. The summed E-state index contributed by atoms with van der Waals surface area (Å²) in [7, 11) is 0. The van der Waals surface area contributed by atoms with Gasteiger partial charge in [-0.25, -0.2) is 0 Å². The molecule has 0 radical (unpaired) electrons. The molecule has 3 atom stereocenters. The van der Waals surface area contributed by atoms with Crippen molar-refractivity contribution in [2.45, 2.75) is 46.1 Å². The Morgan fingerprint density at radius 3 is 2.83 bits per heavy atom. The van der Waals surface area contributed by atoms with Gasteiger partial charge in [-0.05, 0) is 25.7 Å². The highest BCUT2D eigenvalue weighted by atomic mass is 16.3. The Bertz CT molecular complexity index is 172. The van der Waals surface area contributed by atoms with Crippen LogP contribution in [0.25, 0.3) is 0 Å². The molecule has 1 N–H and O–H groups in total. The van der Waals surface area contributed by atoms with Crippen LogP contribution in [-0.4, -0.2) is 11.2 Å². The summed E-state index contributed by atoms with van der Waals surface area (Å²) in [4.78, 5) is 0. The molecule has 0 saturated carbocycles. The Morgan fingerprint density at radius 2 is 2.25 bits per heavy atom. The normalized spacial score (nSPS) is 36.3. The van der Waals surface area contributed by atoms with Crippen molar-refractivity contribution in [3.05, 3.63) is 11.6 Å². The zero-order valence-corrected chi connectivity index (χ0v) is 8.38. The van der Waals surface area contributed by atoms with E-state index in [1.807, 2.05) is 0 Å². The van der Waals surface area contributed by atoms with Crippen molar-refractivity contribution in [3.63, 3.8) is 0 Å². The van der Waals surface area contributed by atoms with Crippen LogP contribution in [0.2, 0.25) is 0 Å². The fraction of sp³-hybridized carbons (Fsp3) is 0.818. The van der Waals surface area contributed by atoms with Gasteiger partial charge in [0.1, 0.15) is 0 Å². The number of hydrogen-bond acceptors (Lipinski definition) is 1. The van der Waals surface area contributed by atoms with Gasteiger partial charge in [-0.15, -0.1) is 0 Å². The van der Waals surface area contributed by atoms with Crippen molar-refractivity contribution in [2.24, 2.45) is 11.8 Å². The van der Waals surface area contributed by atoms with Gasteiger partial charge in [0.25, 0.3) is 0 Å². The van der Waals surface area contributed by atoms with Gasteiger partial charge >= 0.3 is 0 Å². The van der Waals surface area contributed by atoms with E-state index in [2.05, 4.69) is 26.8 Å². The van der Waals surface area contributed by atoms with Gasteiger partial charge in [0.15, 0.2) is 0 Å². The summed E-state index contributed by atoms with van der Waals surface area (Å²) < 4.78 is 0.